The number of hydrogen-bond donors (Lipinski definition) is 0. The zero-order chi connectivity index (χ0) is 15.8. The molecular formula is C12H16N4O4S. The highest BCUT2D eigenvalue weighted by Gasteiger charge is 2.39. The van der Waals surface area contributed by atoms with E-state index in [1.807, 2.05) is 6.07 Å². The number of sulfonamides is 1. The molecule has 1 aliphatic carbocycles. The van der Waals surface area contributed by atoms with Gasteiger partial charge in [0, 0.05) is 39.3 Å². The van der Waals surface area contributed by atoms with E-state index in [0.29, 0.717) is 0 Å². The van der Waals surface area contributed by atoms with Gasteiger partial charge < -0.3 is 4.57 Å². The van der Waals surface area contributed by atoms with Crippen LogP contribution < -0.4 is 11.2 Å². The fourth-order valence-corrected chi connectivity index (χ4v) is 3.94. The third-order valence-corrected chi connectivity index (χ3v) is 5.33. The van der Waals surface area contributed by atoms with Gasteiger partial charge in [0.15, 0.2) is 4.90 Å². The van der Waals surface area contributed by atoms with Gasteiger partial charge >= 0.3 is 5.69 Å². The van der Waals surface area contributed by atoms with Gasteiger partial charge in [-0.2, -0.15) is 9.57 Å². The first-order chi connectivity index (χ1) is 9.80. The van der Waals surface area contributed by atoms with Crippen LogP contribution in [-0.4, -0.2) is 34.4 Å². The minimum atomic E-state index is -4.01. The van der Waals surface area contributed by atoms with E-state index in [9.17, 15) is 18.0 Å². The standard InChI is InChI=1S/C12H16N4O4S/c1-14-8-10(11(17)15(2)12(14)18)21(19,20)16(7-3-6-13)9-4-5-9/h8-9H,3-5,7H2,1-2H3. The summed E-state index contributed by atoms with van der Waals surface area (Å²) in [5.41, 5.74) is -1.44. The highest BCUT2D eigenvalue weighted by atomic mass is 32.2. The summed E-state index contributed by atoms with van der Waals surface area (Å²) in [5.74, 6) is 0. The first-order valence-corrected chi connectivity index (χ1v) is 7.90. The van der Waals surface area contributed by atoms with Crippen LogP contribution in [0.3, 0.4) is 0 Å². The van der Waals surface area contributed by atoms with Gasteiger partial charge in [0.25, 0.3) is 5.56 Å². The van der Waals surface area contributed by atoms with Gasteiger partial charge in [-0.05, 0) is 12.8 Å². The molecule has 2 rings (SSSR count). The van der Waals surface area contributed by atoms with Crippen LogP contribution in [0.5, 0.6) is 0 Å². The van der Waals surface area contributed by atoms with Crippen LogP contribution >= 0.6 is 0 Å². The van der Waals surface area contributed by atoms with Crippen molar-refractivity contribution >= 4 is 10.0 Å². The van der Waals surface area contributed by atoms with Crippen LogP contribution in [0, 0.1) is 11.3 Å². The fraction of sp³-hybridized carbons (Fsp3) is 0.583. The maximum atomic E-state index is 12.6. The number of aromatic nitrogens is 2. The molecule has 0 N–H and O–H groups in total. The Kier molecular flexibility index (Phi) is 4.02. The molecule has 0 aliphatic heterocycles. The van der Waals surface area contributed by atoms with Crippen LogP contribution in [0.1, 0.15) is 19.3 Å². The van der Waals surface area contributed by atoms with E-state index in [2.05, 4.69) is 0 Å². The van der Waals surface area contributed by atoms with Gasteiger partial charge in [-0.3, -0.25) is 9.36 Å². The van der Waals surface area contributed by atoms with Crippen LogP contribution in [-0.2, 0) is 24.1 Å². The predicted octanol–water partition coefficient (Wildman–Crippen LogP) is -0.849. The Morgan fingerprint density at radius 3 is 2.52 bits per heavy atom. The Bertz CT molecular complexity index is 811. The second kappa shape index (κ2) is 5.46. The Morgan fingerprint density at radius 2 is 2.00 bits per heavy atom. The lowest BCUT2D eigenvalue weighted by atomic mass is 10.4. The molecule has 8 nitrogen and oxygen atoms in total. The highest BCUT2D eigenvalue weighted by Crippen LogP contribution is 2.31. The molecule has 1 aliphatic rings. The van der Waals surface area contributed by atoms with Crippen molar-refractivity contribution in [3.8, 4) is 6.07 Å². The average Bonchev–Trinajstić information content (AvgIpc) is 3.25. The normalized spacial score (nSPS) is 15.1. The maximum absolute atomic E-state index is 12.6. The Labute approximate surface area is 121 Å². The Balaban J connectivity index is 2.56. The second-order valence-corrected chi connectivity index (χ2v) is 6.87. The van der Waals surface area contributed by atoms with Gasteiger partial charge in [0.05, 0.1) is 6.07 Å². The van der Waals surface area contributed by atoms with Crippen molar-refractivity contribution in [3.63, 3.8) is 0 Å². The molecule has 0 amide bonds. The molecule has 9 heteroatoms. The molecule has 0 spiro atoms. The number of aryl methyl sites for hydroxylation is 1. The van der Waals surface area contributed by atoms with E-state index in [0.717, 1.165) is 28.2 Å². The second-order valence-electron chi connectivity index (χ2n) is 5.01. The highest BCUT2D eigenvalue weighted by molar-refractivity contribution is 7.89. The lowest BCUT2D eigenvalue weighted by molar-refractivity contribution is 0.408. The van der Waals surface area contributed by atoms with Crippen LogP contribution in [0.25, 0.3) is 0 Å². The van der Waals surface area contributed by atoms with Crippen molar-refractivity contribution in [3.05, 3.63) is 27.0 Å². The van der Waals surface area contributed by atoms with Gasteiger partial charge in [-0.25, -0.2) is 13.2 Å². The molecule has 0 atom stereocenters. The van der Waals surface area contributed by atoms with Gasteiger partial charge in [0.2, 0.25) is 10.0 Å². The molecule has 0 bridgehead atoms. The first kappa shape index (κ1) is 15.5. The monoisotopic (exact) mass is 312 g/mol. The Morgan fingerprint density at radius 1 is 1.38 bits per heavy atom. The van der Waals surface area contributed by atoms with Gasteiger partial charge in [-0.15, -0.1) is 0 Å². The smallest absolute Gasteiger partial charge is 0.302 e. The first-order valence-electron chi connectivity index (χ1n) is 6.46. The van der Waals surface area contributed by atoms with E-state index in [1.165, 1.54) is 18.4 Å². The fourth-order valence-electron chi connectivity index (χ4n) is 2.10. The molecule has 114 valence electrons. The number of hydrogen-bond acceptors (Lipinski definition) is 5. The molecule has 0 saturated heterocycles. The van der Waals surface area contributed by atoms with Crippen LogP contribution in [0.4, 0.5) is 0 Å². The van der Waals surface area contributed by atoms with E-state index < -0.39 is 26.2 Å². The largest absolute Gasteiger partial charge is 0.330 e. The lowest BCUT2D eigenvalue weighted by Gasteiger charge is -2.20. The summed E-state index contributed by atoms with van der Waals surface area (Å²) in [5, 5.41) is 8.65. The molecule has 1 saturated carbocycles. The van der Waals surface area contributed by atoms with Crippen molar-refractivity contribution < 1.29 is 8.42 Å². The molecule has 1 heterocycles. The summed E-state index contributed by atoms with van der Waals surface area (Å²) in [6, 6.07) is 1.74. The van der Waals surface area contributed by atoms with E-state index in [1.54, 1.807) is 0 Å². The van der Waals surface area contributed by atoms with Crippen LogP contribution in [0.2, 0.25) is 0 Å². The topological polar surface area (TPSA) is 105 Å². The molecule has 1 aromatic heterocycles. The van der Waals surface area contributed by atoms with Crippen LogP contribution in [0.15, 0.2) is 20.7 Å². The molecular weight excluding hydrogens is 296 g/mol. The summed E-state index contributed by atoms with van der Waals surface area (Å²) in [6.07, 6.45) is 2.54. The molecule has 1 fully saturated rings. The van der Waals surface area contributed by atoms with Crippen molar-refractivity contribution in [2.45, 2.75) is 30.2 Å². The van der Waals surface area contributed by atoms with Crippen molar-refractivity contribution in [2.24, 2.45) is 14.1 Å². The summed E-state index contributed by atoms with van der Waals surface area (Å²) in [6.45, 7) is 0.0511. The van der Waals surface area contributed by atoms with E-state index in [-0.39, 0.29) is 19.0 Å². The number of nitriles is 1. The van der Waals surface area contributed by atoms with E-state index in [4.69, 9.17) is 5.26 Å². The summed E-state index contributed by atoms with van der Waals surface area (Å²) >= 11 is 0. The van der Waals surface area contributed by atoms with Crippen molar-refractivity contribution in [2.75, 3.05) is 6.54 Å². The van der Waals surface area contributed by atoms with Crippen molar-refractivity contribution in [1.82, 2.24) is 13.4 Å². The number of rotatable bonds is 5. The minimum Gasteiger partial charge on any atom is -0.302 e. The summed E-state index contributed by atoms with van der Waals surface area (Å²) < 4.78 is 28.3. The quantitative estimate of drug-likeness (QED) is 0.704. The predicted molar refractivity (Wildman–Crippen MR) is 74.1 cm³/mol. The third-order valence-electron chi connectivity index (χ3n) is 3.40. The zero-order valence-electron chi connectivity index (χ0n) is 11.8. The van der Waals surface area contributed by atoms with Gasteiger partial charge in [0.1, 0.15) is 0 Å². The molecule has 1 aromatic rings. The molecule has 0 unspecified atom stereocenters. The van der Waals surface area contributed by atoms with E-state index >= 15 is 0 Å². The summed E-state index contributed by atoms with van der Waals surface area (Å²) in [7, 11) is -1.39. The van der Waals surface area contributed by atoms with Crippen molar-refractivity contribution in [1.29, 1.82) is 5.26 Å². The Hall–Kier alpha value is -1.92. The molecule has 0 radical (unpaired) electrons. The maximum Gasteiger partial charge on any atom is 0.330 e. The number of nitrogens with zero attached hydrogens (tertiary/aromatic N) is 4. The molecule has 0 aromatic carbocycles. The third kappa shape index (κ3) is 2.77. The minimum absolute atomic E-state index is 0.0511. The summed E-state index contributed by atoms with van der Waals surface area (Å²) in [4.78, 5) is 23.3. The van der Waals surface area contributed by atoms with Gasteiger partial charge in [-0.1, -0.05) is 0 Å². The average molecular weight is 312 g/mol. The zero-order valence-corrected chi connectivity index (χ0v) is 12.6. The SMILES string of the molecule is Cn1cc(S(=O)(=O)N(CCC#N)C2CC2)c(=O)n(C)c1=O. The molecule has 21 heavy (non-hydrogen) atoms. The lowest BCUT2D eigenvalue weighted by Crippen LogP contribution is -2.43.